The zero-order valence-electron chi connectivity index (χ0n) is 11.2. The first-order valence-corrected chi connectivity index (χ1v) is 7.62. The molecular weight excluding hydrogens is 274 g/mol. The van der Waals surface area contributed by atoms with Crippen LogP contribution in [0.5, 0.6) is 0 Å². The molecule has 0 unspecified atom stereocenters. The zero-order chi connectivity index (χ0) is 13.7. The van der Waals surface area contributed by atoms with Gasteiger partial charge in [-0.1, -0.05) is 42.4 Å². The SMILES string of the molecule is CCNCc1ccc(Sc2ccc(Cl)cc2)c(C)c1. The maximum Gasteiger partial charge on any atom is 0.0406 e. The Kier molecular flexibility index (Phi) is 5.32. The summed E-state index contributed by atoms with van der Waals surface area (Å²) in [6.07, 6.45) is 0. The Morgan fingerprint density at radius 2 is 1.84 bits per heavy atom. The lowest BCUT2D eigenvalue weighted by Crippen LogP contribution is -2.11. The molecular formula is C16H18ClNS. The molecule has 19 heavy (non-hydrogen) atoms. The van der Waals surface area contributed by atoms with Gasteiger partial charge in [-0.15, -0.1) is 0 Å². The fourth-order valence-corrected chi connectivity index (χ4v) is 2.84. The lowest BCUT2D eigenvalue weighted by molar-refractivity contribution is 0.726. The van der Waals surface area contributed by atoms with Crippen LogP contribution in [-0.2, 0) is 6.54 Å². The summed E-state index contributed by atoms with van der Waals surface area (Å²) in [4.78, 5) is 2.51. The molecule has 0 aliphatic heterocycles. The van der Waals surface area contributed by atoms with Crippen LogP contribution in [0.15, 0.2) is 52.3 Å². The number of benzene rings is 2. The first-order valence-electron chi connectivity index (χ1n) is 6.42. The van der Waals surface area contributed by atoms with Crippen LogP contribution in [0.1, 0.15) is 18.1 Å². The highest BCUT2D eigenvalue weighted by atomic mass is 35.5. The van der Waals surface area contributed by atoms with E-state index in [1.807, 2.05) is 12.1 Å². The lowest BCUT2D eigenvalue weighted by Gasteiger charge is -2.09. The Bertz CT molecular complexity index is 537. The summed E-state index contributed by atoms with van der Waals surface area (Å²) in [5, 5.41) is 4.13. The highest BCUT2D eigenvalue weighted by Gasteiger charge is 2.03. The van der Waals surface area contributed by atoms with E-state index in [-0.39, 0.29) is 0 Å². The Morgan fingerprint density at radius 1 is 1.11 bits per heavy atom. The number of hydrogen-bond donors (Lipinski definition) is 1. The molecule has 1 N–H and O–H groups in total. The molecule has 100 valence electrons. The van der Waals surface area contributed by atoms with Gasteiger partial charge in [0.15, 0.2) is 0 Å². The zero-order valence-corrected chi connectivity index (χ0v) is 12.8. The predicted octanol–water partition coefficient (Wildman–Crippen LogP) is 4.91. The number of hydrogen-bond acceptors (Lipinski definition) is 2. The summed E-state index contributed by atoms with van der Waals surface area (Å²) in [5.74, 6) is 0. The molecule has 0 amide bonds. The molecule has 0 aromatic heterocycles. The lowest BCUT2D eigenvalue weighted by atomic mass is 10.1. The molecule has 3 heteroatoms. The van der Waals surface area contributed by atoms with Gasteiger partial charge in [-0.25, -0.2) is 0 Å². The van der Waals surface area contributed by atoms with Crippen molar-refractivity contribution < 1.29 is 0 Å². The molecule has 0 saturated heterocycles. The van der Waals surface area contributed by atoms with E-state index in [9.17, 15) is 0 Å². The van der Waals surface area contributed by atoms with Gasteiger partial charge in [0.2, 0.25) is 0 Å². The van der Waals surface area contributed by atoms with Crippen molar-refractivity contribution in [3.05, 3.63) is 58.6 Å². The first-order chi connectivity index (χ1) is 9.19. The van der Waals surface area contributed by atoms with Crippen LogP contribution in [-0.4, -0.2) is 6.54 Å². The molecule has 0 radical (unpaired) electrons. The first kappa shape index (κ1) is 14.4. The van der Waals surface area contributed by atoms with E-state index in [1.54, 1.807) is 11.8 Å². The third-order valence-electron chi connectivity index (χ3n) is 2.86. The number of nitrogens with one attached hydrogen (secondary N) is 1. The maximum absolute atomic E-state index is 5.90. The van der Waals surface area contributed by atoms with Crippen molar-refractivity contribution in [1.29, 1.82) is 0 Å². The Morgan fingerprint density at radius 3 is 2.47 bits per heavy atom. The van der Waals surface area contributed by atoms with E-state index in [1.165, 1.54) is 20.9 Å². The number of rotatable bonds is 5. The molecule has 0 atom stereocenters. The van der Waals surface area contributed by atoms with Gasteiger partial charge in [-0.05, 0) is 54.9 Å². The molecule has 1 nitrogen and oxygen atoms in total. The van der Waals surface area contributed by atoms with Crippen molar-refractivity contribution in [2.24, 2.45) is 0 Å². The summed E-state index contributed by atoms with van der Waals surface area (Å²) >= 11 is 7.68. The standard InChI is InChI=1S/C16H18ClNS/c1-3-18-11-13-4-9-16(12(2)10-13)19-15-7-5-14(17)6-8-15/h4-10,18H,3,11H2,1-2H3. The van der Waals surface area contributed by atoms with E-state index in [0.717, 1.165) is 18.1 Å². The molecule has 0 aliphatic rings. The van der Waals surface area contributed by atoms with Crippen molar-refractivity contribution in [3.63, 3.8) is 0 Å². The van der Waals surface area contributed by atoms with Gasteiger partial charge in [0.25, 0.3) is 0 Å². The van der Waals surface area contributed by atoms with E-state index in [0.29, 0.717) is 0 Å². The van der Waals surface area contributed by atoms with E-state index in [2.05, 4.69) is 49.5 Å². The average molecular weight is 292 g/mol. The quantitative estimate of drug-likeness (QED) is 0.840. The highest BCUT2D eigenvalue weighted by Crippen LogP contribution is 2.31. The second-order valence-corrected chi connectivity index (χ2v) is 5.99. The molecule has 0 spiro atoms. The second kappa shape index (κ2) is 6.99. The molecule has 0 heterocycles. The van der Waals surface area contributed by atoms with E-state index < -0.39 is 0 Å². The van der Waals surface area contributed by atoms with Gasteiger partial charge in [0.05, 0.1) is 0 Å². The summed E-state index contributed by atoms with van der Waals surface area (Å²) in [6, 6.07) is 14.6. The predicted molar refractivity (Wildman–Crippen MR) is 84.1 cm³/mol. The molecule has 2 aromatic carbocycles. The largest absolute Gasteiger partial charge is 0.313 e. The fraction of sp³-hybridized carbons (Fsp3) is 0.250. The van der Waals surface area contributed by atoms with Crippen LogP contribution in [0.4, 0.5) is 0 Å². The van der Waals surface area contributed by atoms with Crippen molar-refractivity contribution in [3.8, 4) is 0 Å². The third kappa shape index (κ3) is 4.27. The third-order valence-corrected chi connectivity index (χ3v) is 4.30. The van der Waals surface area contributed by atoms with Gasteiger partial charge in [-0.3, -0.25) is 0 Å². The van der Waals surface area contributed by atoms with Crippen LogP contribution in [0, 0.1) is 6.92 Å². The average Bonchev–Trinajstić information content (AvgIpc) is 2.41. The van der Waals surface area contributed by atoms with E-state index in [4.69, 9.17) is 11.6 Å². The van der Waals surface area contributed by atoms with Crippen LogP contribution in [0.3, 0.4) is 0 Å². The minimum atomic E-state index is 0.780. The minimum Gasteiger partial charge on any atom is -0.313 e. The fourth-order valence-electron chi connectivity index (χ4n) is 1.83. The second-order valence-electron chi connectivity index (χ2n) is 4.44. The summed E-state index contributed by atoms with van der Waals surface area (Å²) in [5.41, 5.74) is 2.65. The summed E-state index contributed by atoms with van der Waals surface area (Å²) < 4.78 is 0. The van der Waals surface area contributed by atoms with Crippen molar-refractivity contribution >= 4 is 23.4 Å². The van der Waals surface area contributed by atoms with Gasteiger partial charge in [0, 0.05) is 21.4 Å². The number of aryl methyl sites for hydroxylation is 1. The summed E-state index contributed by atoms with van der Waals surface area (Å²) in [7, 11) is 0. The Labute approximate surface area is 124 Å². The Hall–Kier alpha value is -0.960. The highest BCUT2D eigenvalue weighted by molar-refractivity contribution is 7.99. The van der Waals surface area contributed by atoms with Gasteiger partial charge >= 0.3 is 0 Å². The van der Waals surface area contributed by atoms with Crippen LogP contribution in [0.25, 0.3) is 0 Å². The van der Waals surface area contributed by atoms with Crippen molar-refractivity contribution in [2.75, 3.05) is 6.54 Å². The normalized spacial score (nSPS) is 10.7. The van der Waals surface area contributed by atoms with Gasteiger partial charge in [0.1, 0.15) is 0 Å². The van der Waals surface area contributed by atoms with Crippen LogP contribution < -0.4 is 5.32 Å². The molecule has 2 rings (SSSR count). The van der Waals surface area contributed by atoms with Gasteiger partial charge < -0.3 is 5.32 Å². The summed E-state index contributed by atoms with van der Waals surface area (Å²) in [6.45, 7) is 6.22. The van der Waals surface area contributed by atoms with Crippen LogP contribution in [0.2, 0.25) is 5.02 Å². The number of halogens is 1. The van der Waals surface area contributed by atoms with E-state index >= 15 is 0 Å². The van der Waals surface area contributed by atoms with Crippen molar-refractivity contribution in [1.82, 2.24) is 5.32 Å². The smallest absolute Gasteiger partial charge is 0.0406 e. The topological polar surface area (TPSA) is 12.0 Å². The monoisotopic (exact) mass is 291 g/mol. The van der Waals surface area contributed by atoms with Gasteiger partial charge in [-0.2, -0.15) is 0 Å². The molecule has 0 bridgehead atoms. The van der Waals surface area contributed by atoms with Crippen molar-refractivity contribution in [2.45, 2.75) is 30.2 Å². The minimum absolute atomic E-state index is 0.780. The Balaban J connectivity index is 2.10. The molecule has 0 aliphatic carbocycles. The molecule has 0 saturated carbocycles. The maximum atomic E-state index is 5.90. The molecule has 2 aromatic rings. The van der Waals surface area contributed by atoms with Crippen LogP contribution >= 0.6 is 23.4 Å². The molecule has 0 fully saturated rings.